The Morgan fingerprint density at radius 1 is 1.22 bits per heavy atom. The molecule has 4 rings (SSSR count). The number of hydrogen-bond acceptors (Lipinski definition) is 6. The molecule has 170 valence electrons. The van der Waals surface area contributed by atoms with Crippen LogP contribution in [0.4, 0.5) is 24.7 Å². The standard InChI is InChI=1S/C22H23ClF3N5O/c1-13(15-8-16(22(24,25)26)10-17(27)9-15)28-20-18-2-5-31(11-14-4-7-32-12-14)6-3-19(18)29-21(23)30-20/h4,7-10,12-13H,2-3,5-6,11,27H2,1H3,(H,28,29,30)/t13-/m1/s1. The summed E-state index contributed by atoms with van der Waals surface area (Å²) < 4.78 is 44.8. The van der Waals surface area contributed by atoms with E-state index >= 15 is 0 Å². The van der Waals surface area contributed by atoms with E-state index < -0.39 is 17.8 Å². The average molecular weight is 466 g/mol. The second kappa shape index (κ2) is 8.99. The Morgan fingerprint density at radius 2 is 2.00 bits per heavy atom. The minimum absolute atomic E-state index is 0.0536. The molecule has 3 aromatic rings. The number of aromatic nitrogens is 2. The zero-order chi connectivity index (χ0) is 22.9. The predicted molar refractivity (Wildman–Crippen MR) is 116 cm³/mol. The largest absolute Gasteiger partial charge is 0.472 e. The van der Waals surface area contributed by atoms with Crippen LogP contribution in [0.15, 0.2) is 41.2 Å². The van der Waals surface area contributed by atoms with Crippen LogP contribution in [0.1, 0.15) is 40.9 Å². The number of rotatable bonds is 5. The molecular weight excluding hydrogens is 443 g/mol. The molecule has 1 aliphatic rings. The van der Waals surface area contributed by atoms with Crippen molar-refractivity contribution in [1.82, 2.24) is 14.9 Å². The van der Waals surface area contributed by atoms with Crippen LogP contribution < -0.4 is 11.1 Å². The molecule has 0 radical (unpaired) electrons. The molecular formula is C22H23ClF3N5O. The minimum atomic E-state index is -4.47. The van der Waals surface area contributed by atoms with Crippen molar-refractivity contribution in [3.8, 4) is 0 Å². The maximum Gasteiger partial charge on any atom is 0.416 e. The summed E-state index contributed by atoms with van der Waals surface area (Å²) in [6.45, 7) is 4.10. The van der Waals surface area contributed by atoms with Crippen LogP contribution in [0.25, 0.3) is 0 Å². The molecule has 10 heteroatoms. The van der Waals surface area contributed by atoms with Gasteiger partial charge in [0.2, 0.25) is 5.28 Å². The van der Waals surface area contributed by atoms with E-state index in [1.54, 1.807) is 19.5 Å². The second-order valence-corrected chi connectivity index (χ2v) is 8.26. The molecule has 3 heterocycles. The van der Waals surface area contributed by atoms with Gasteiger partial charge in [-0.15, -0.1) is 0 Å². The molecule has 1 aromatic carbocycles. The van der Waals surface area contributed by atoms with Gasteiger partial charge >= 0.3 is 6.18 Å². The first-order valence-corrected chi connectivity index (χ1v) is 10.6. The summed E-state index contributed by atoms with van der Waals surface area (Å²) in [4.78, 5) is 11.0. The van der Waals surface area contributed by atoms with Gasteiger partial charge in [0, 0.05) is 42.9 Å². The lowest BCUT2D eigenvalue weighted by Gasteiger charge is -2.20. The van der Waals surface area contributed by atoms with Crippen molar-refractivity contribution in [2.45, 2.75) is 38.5 Å². The Hall–Kier alpha value is -2.78. The summed E-state index contributed by atoms with van der Waals surface area (Å²) in [7, 11) is 0. The second-order valence-electron chi connectivity index (χ2n) is 7.93. The van der Waals surface area contributed by atoms with Gasteiger partial charge in [0.25, 0.3) is 0 Å². The first-order chi connectivity index (χ1) is 15.2. The Bertz CT molecular complexity index is 1090. The first kappa shape index (κ1) is 22.4. The highest BCUT2D eigenvalue weighted by atomic mass is 35.5. The van der Waals surface area contributed by atoms with E-state index in [9.17, 15) is 13.2 Å². The summed E-state index contributed by atoms with van der Waals surface area (Å²) in [5.74, 6) is 0.536. The van der Waals surface area contributed by atoms with Crippen molar-refractivity contribution >= 4 is 23.1 Å². The Morgan fingerprint density at radius 3 is 2.72 bits per heavy atom. The molecule has 3 N–H and O–H groups in total. The Balaban J connectivity index is 1.56. The Labute approximate surface area is 188 Å². The monoisotopic (exact) mass is 465 g/mol. The fourth-order valence-corrected chi connectivity index (χ4v) is 4.10. The number of hydrogen-bond donors (Lipinski definition) is 2. The van der Waals surface area contributed by atoms with Crippen LogP contribution >= 0.6 is 11.6 Å². The van der Waals surface area contributed by atoms with Gasteiger partial charge in [-0.2, -0.15) is 13.2 Å². The van der Waals surface area contributed by atoms with Gasteiger partial charge in [0.15, 0.2) is 0 Å². The van der Waals surface area contributed by atoms with Crippen LogP contribution in [0.5, 0.6) is 0 Å². The van der Waals surface area contributed by atoms with Gasteiger partial charge in [0.05, 0.1) is 29.8 Å². The molecule has 0 spiro atoms. The first-order valence-electron chi connectivity index (χ1n) is 10.2. The maximum atomic E-state index is 13.2. The topological polar surface area (TPSA) is 80.2 Å². The summed E-state index contributed by atoms with van der Waals surface area (Å²) in [6.07, 6.45) is 0.276. The molecule has 32 heavy (non-hydrogen) atoms. The van der Waals surface area contributed by atoms with Crippen molar-refractivity contribution < 1.29 is 17.6 Å². The SMILES string of the molecule is C[C@@H](Nc1nc(Cl)nc2c1CCN(Cc1ccoc1)CC2)c1cc(N)cc(C(F)(F)F)c1. The normalized spacial score (nSPS) is 15.8. The van der Waals surface area contributed by atoms with Gasteiger partial charge < -0.3 is 15.5 Å². The fraction of sp³-hybridized carbons (Fsp3) is 0.364. The molecule has 0 amide bonds. The van der Waals surface area contributed by atoms with Gasteiger partial charge in [-0.25, -0.2) is 9.97 Å². The van der Waals surface area contributed by atoms with E-state index in [1.165, 1.54) is 6.07 Å². The summed E-state index contributed by atoms with van der Waals surface area (Å²) in [5, 5.41) is 3.33. The number of anilines is 2. The molecule has 6 nitrogen and oxygen atoms in total. The average Bonchev–Trinajstić information content (AvgIpc) is 3.14. The number of alkyl halides is 3. The van der Waals surface area contributed by atoms with Crippen molar-refractivity contribution in [3.63, 3.8) is 0 Å². The number of benzene rings is 1. The van der Waals surface area contributed by atoms with Crippen molar-refractivity contribution in [2.75, 3.05) is 24.1 Å². The van der Waals surface area contributed by atoms with E-state index in [-0.39, 0.29) is 11.0 Å². The molecule has 0 fully saturated rings. The van der Waals surface area contributed by atoms with E-state index in [0.29, 0.717) is 24.2 Å². The Kier molecular flexibility index (Phi) is 6.30. The maximum absolute atomic E-state index is 13.2. The summed E-state index contributed by atoms with van der Waals surface area (Å²) in [5.41, 5.74) is 8.28. The molecule has 0 saturated heterocycles. The highest BCUT2D eigenvalue weighted by molar-refractivity contribution is 6.28. The van der Waals surface area contributed by atoms with Crippen molar-refractivity contribution in [3.05, 3.63) is 70.0 Å². The fourth-order valence-electron chi connectivity index (χ4n) is 3.91. The number of nitrogens with zero attached hydrogens (tertiary/aromatic N) is 3. The highest BCUT2D eigenvalue weighted by Gasteiger charge is 2.31. The smallest absolute Gasteiger partial charge is 0.416 e. The van der Waals surface area contributed by atoms with Crippen LogP contribution in [0.2, 0.25) is 5.28 Å². The third kappa shape index (κ3) is 5.16. The molecule has 1 atom stereocenters. The summed E-state index contributed by atoms with van der Waals surface area (Å²) in [6, 6.07) is 5.02. The lowest BCUT2D eigenvalue weighted by Crippen LogP contribution is -2.25. The lowest BCUT2D eigenvalue weighted by molar-refractivity contribution is -0.137. The molecule has 0 bridgehead atoms. The molecule has 0 saturated carbocycles. The van der Waals surface area contributed by atoms with Gasteiger partial charge in [-0.1, -0.05) is 0 Å². The zero-order valence-electron chi connectivity index (χ0n) is 17.4. The number of halogens is 4. The van der Waals surface area contributed by atoms with E-state index in [0.717, 1.165) is 48.6 Å². The molecule has 0 aliphatic carbocycles. The third-order valence-electron chi connectivity index (χ3n) is 5.55. The van der Waals surface area contributed by atoms with Crippen LogP contribution in [-0.2, 0) is 25.6 Å². The number of nitrogen functional groups attached to an aromatic ring is 1. The van der Waals surface area contributed by atoms with Gasteiger partial charge in [-0.3, -0.25) is 4.90 Å². The molecule has 2 aromatic heterocycles. The predicted octanol–water partition coefficient (Wildman–Crippen LogP) is 5.10. The number of nitrogens with one attached hydrogen (secondary N) is 1. The van der Waals surface area contributed by atoms with Crippen LogP contribution in [0.3, 0.4) is 0 Å². The number of nitrogens with two attached hydrogens (primary N) is 1. The minimum Gasteiger partial charge on any atom is -0.472 e. The number of furan rings is 1. The third-order valence-corrected chi connectivity index (χ3v) is 5.72. The van der Waals surface area contributed by atoms with Crippen molar-refractivity contribution in [2.24, 2.45) is 0 Å². The van der Waals surface area contributed by atoms with E-state index in [4.69, 9.17) is 21.8 Å². The zero-order valence-corrected chi connectivity index (χ0v) is 18.2. The van der Waals surface area contributed by atoms with Gasteiger partial charge in [-0.05, 0) is 54.8 Å². The van der Waals surface area contributed by atoms with Crippen LogP contribution in [0, 0.1) is 0 Å². The highest BCUT2D eigenvalue weighted by Crippen LogP contribution is 2.34. The van der Waals surface area contributed by atoms with E-state index in [2.05, 4.69) is 20.2 Å². The number of fused-ring (bicyclic) bond motifs is 1. The quantitative estimate of drug-likeness (QED) is 0.403. The van der Waals surface area contributed by atoms with Gasteiger partial charge in [0.1, 0.15) is 5.82 Å². The molecule has 0 unspecified atom stereocenters. The summed E-state index contributed by atoms with van der Waals surface area (Å²) >= 11 is 6.17. The molecule has 1 aliphatic heterocycles. The lowest BCUT2D eigenvalue weighted by atomic mass is 10.0. The van der Waals surface area contributed by atoms with E-state index in [1.807, 2.05) is 6.07 Å². The van der Waals surface area contributed by atoms with Crippen molar-refractivity contribution in [1.29, 1.82) is 0 Å². The van der Waals surface area contributed by atoms with Crippen LogP contribution in [-0.4, -0.2) is 28.0 Å².